The van der Waals surface area contributed by atoms with Gasteiger partial charge in [-0.2, -0.15) is 0 Å². The Bertz CT molecular complexity index is 687. The molecule has 2 rings (SSSR count). The van der Waals surface area contributed by atoms with E-state index >= 15 is 0 Å². The highest BCUT2D eigenvalue weighted by Gasteiger charge is 2.18. The summed E-state index contributed by atoms with van der Waals surface area (Å²) < 4.78 is 23.6. The lowest BCUT2D eigenvalue weighted by Crippen LogP contribution is -2.38. The summed E-state index contributed by atoms with van der Waals surface area (Å²) in [5.41, 5.74) is 1.24. The maximum atomic E-state index is 13.4. The summed E-state index contributed by atoms with van der Waals surface area (Å²) in [5.74, 6) is 0.828. The predicted molar refractivity (Wildman–Crippen MR) is 82.6 cm³/mol. The highest BCUT2D eigenvalue weighted by molar-refractivity contribution is 5.74. The van der Waals surface area contributed by atoms with Crippen LogP contribution in [0.25, 0.3) is 0 Å². The Kier molecular flexibility index (Phi) is 5.20. The molecule has 0 radical (unpaired) electrons. The van der Waals surface area contributed by atoms with Crippen LogP contribution in [0.3, 0.4) is 0 Å². The summed E-state index contributed by atoms with van der Waals surface area (Å²) >= 11 is 0. The number of halogens is 1. The SMILES string of the molecule is COc1ccc(F)cc1[C@H](C)NC(=O)N(C)Cc1cc(C)on1. The molecule has 0 saturated heterocycles. The minimum absolute atomic E-state index is 0.301. The van der Waals surface area contributed by atoms with Crippen molar-refractivity contribution in [3.05, 3.63) is 47.1 Å². The Morgan fingerprint density at radius 1 is 1.48 bits per heavy atom. The number of urea groups is 1. The number of methoxy groups -OCH3 is 1. The molecule has 0 fully saturated rings. The van der Waals surface area contributed by atoms with Crippen molar-refractivity contribution in [2.45, 2.75) is 26.4 Å². The van der Waals surface area contributed by atoms with Gasteiger partial charge >= 0.3 is 6.03 Å². The zero-order chi connectivity index (χ0) is 17.0. The highest BCUT2D eigenvalue weighted by atomic mass is 19.1. The molecule has 1 aromatic carbocycles. The van der Waals surface area contributed by atoms with Crippen LogP contribution in [-0.4, -0.2) is 30.2 Å². The van der Waals surface area contributed by atoms with E-state index < -0.39 is 6.04 Å². The van der Waals surface area contributed by atoms with Crippen molar-refractivity contribution in [2.75, 3.05) is 14.2 Å². The van der Waals surface area contributed by atoms with E-state index in [1.165, 1.54) is 30.2 Å². The summed E-state index contributed by atoms with van der Waals surface area (Å²) in [6, 6.07) is 5.26. The quantitative estimate of drug-likeness (QED) is 0.919. The lowest BCUT2D eigenvalue weighted by Gasteiger charge is -2.22. The number of nitrogens with zero attached hydrogens (tertiary/aromatic N) is 2. The van der Waals surface area contributed by atoms with Gasteiger partial charge in [-0.1, -0.05) is 5.16 Å². The maximum Gasteiger partial charge on any atom is 0.317 e. The molecule has 6 nitrogen and oxygen atoms in total. The molecular formula is C16H20FN3O3. The van der Waals surface area contributed by atoms with Crippen molar-refractivity contribution < 1.29 is 18.4 Å². The predicted octanol–water partition coefficient (Wildman–Crippen LogP) is 3.03. The Balaban J connectivity index is 2.02. The van der Waals surface area contributed by atoms with Crippen molar-refractivity contribution in [3.8, 4) is 5.75 Å². The molecule has 0 aliphatic rings. The summed E-state index contributed by atoms with van der Waals surface area (Å²) in [6.07, 6.45) is 0. The third-order valence-electron chi connectivity index (χ3n) is 3.42. The normalized spacial score (nSPS) is 11.9. The molecule has 23 heavy (non-hydrogen) atoms. The summed E-state index contributed by atoms with van der Waals surface area (Å²) in [4.78, 5) is 13.7. The number of hydrogen-bond donors (Lipinski definition) is 1. The highest BCUT2D eigenvalue weighted by Crippen LogP contribution is 2.25. The van der Waals surface area contributed by atoms with Crippen LogP contribution in [0.15, 0.2) is 28.8 Å². The molecule has 7 heteroatoms. The molecule has 1 heterocycles. The largest absolute Gasteiger partial charge is 0.496 e. The maximum absolute atomic E-state index is 13.4. The fraction of sp³-hybridized carbons (Fsp3) is 0.375. The van der Waals surface area contributed by atoms with Crippen LogP contribution >= 0.6 is 0 Å². The zero-order valence-corrected chi connectivity index (χ0v) is 13.6. The molecule has 1 N–H and O–H groups in total. The Morgan fingerprint density at radius 3 is 2.83 bits per heavy atom. The van der Waals surface area contributed by atoms with Gasteiger partial charge in [0.05, 0.1) is 19.7 Å². The molecule has 2 aromatic rings. The number of nitrogens with one attached hydrogen (secondary N) is 1. The standard InChI is InChI=1S/C16H20FN3O3/c1-10-7-13(19-23-10)9-20(3)16(21)18-11(2)14-8-12(17)5-6-15(14)22-4/h5-8,11H,9H2,1-4H3,(H,18,21)/t11-/m0/s1. The lowest BCUT2D eigenvalue weighted by atomic mass is 10.1. The van der Waals surface area contributed by atoms with Gasteiger partial charge in [0.2, 0.25) is 0 Å². The topological polar surface area (TPSA) is 67.6 Å². The molecule has 2 amide bonds. The second-order valence-corrected chi connectivity index (χ2v) is 5.34. The van der Waals surface area contributed by atoms with Gasteiger partial charge in [0, 0.05) is 18.7 Å². The molecule has 1 atom stereocenters. The third-order valence-corrected chi connectivity index (χ3v) is 3.42. The first-order valence-electron chi connectivity index (χ1n) is 7.18. The molecule has 0 aliphatic heterocycles. The van der Waals surface area contributed by atoms with Crippen LogP contribution in [0, 0.1) is 12.7 Å². The van der Waals surface area contributed by atoms with Gasteiger partial charge in [0.1, 0.15) is 23.0 Å². The van der Waals surface area contributed by atoms with Gasteiger partial charge in [0.25, 0.3) is 0 Å². The zero-order valence-electron chi connectivity index (χ0n) is 13.6. The average molecular weight is 321 g/mol. The number of ether oxygens (including phenoxy) is 1. The van der Waals surface area contributed by atoms with Gasteiger partial charge < -0.3 is 19.5 Å². The van der Waals surface area contributed by atoms with Gasteiger partial charge in [-0.3, -0.25) is 0 Å². The van der Waals surface area contributed by atoms with Crippen molar-refractivity contribution in [1.82, 2.24) is 15.4 Å². The Morgan fingerprint density at radius 2 is 2.22 bits per heavy atom. The van der Waals surface area contributed by atoms with Crippen molar-refractivity contribution >= 4 is 6.03 Å². The summed E-state index contributed by atoms with van der Waals surface area (Å²) in [5, 5.41) is 6.66. The second-order valence-electron chi connectivity index (χ2n) is 5.34. The first kappa shape index (κ1) is 16.8. The average Bonchev–Trinajstić information content (AvgIpc) is 2.92. The number of hydrogen-bond acceptors (Lipinski definition) is 4. The van der Waals surface area contributed by atoms with Crippen LogP contribution < -0.4 is 10.1 Å². The molecule has 0 spiro atoms. The first-order chi connectivity index (χ1) is 10.9. The first-order valence-corrected chi connectivity index (χ1v) is 7.18. The minimum Gasteiger partial charge on any atom is -0.496 e. The van der Waals surface area contributed by atoms with E-state index in [9.17, 15) is 9.18 Å². The Labute approximate surface area is 134 Å². The fourth-order valence-electron chi connectivity index (χ4n) is 2.22. The summed E-state index contributed by atoms with van der Waals surface area (Å²) in [7, 11) is 3.15. The van der Waals surface area contributed by atoms with Crippen LogP contribution in [0.5, 0.6) is 5.75 Å². The van der Waals surface area contributed by atoms with Crippen LogP contribution in [-0.2, 0) is 6.54 Å². The van der Waals surface area contributed by atoms with E-state index in [4.69, 9.17) is 9.26 Å². The third kappa shape index (κ3) is 4.21. The molecule has 0 aliphatic carbocycles. The van der Waals surface area contributed by atoms with E-state index in [2.05, 4.69) is 10.5 Å². The van der Waals surface area contributed by atoms with Crippen LogP contribution in [0.2, 0.25) is 0 Å². The van der Waals surface area contributed by atoms with Crippen LogP contribution in [0.1, 0.15) is 30.0 Å². The van der Waals surface area contributed by atoms with Crippen LogP contribution in [0.4, 0.5) is 9.18 Å². The minimum atomic E-state index is -0.408. The van der Waals surface area contributed by atoms with E-state index in [0.717, 1.165) is 0 Å². The number of carbonyl (C=O) groups is 1. The lowest BCUT2D eigenvalue weighted by molar-refractivity contribution is 0.202. The summed E-state index contributed by atoms with van der Waals surface area (Å²) in [6.45, 7) is 3.87. The number of rotatable bonds is 5. The van der Waals surface area contributed by atoms with E-state index in [1.807, 2.05) is 0 Å². The Hall–Kier alpha value is -2.57. The van der Waals surface area contributed by atoms with Gasteiger partial charge in [-0.25, -0.2) is 9.18 Å². The van der Waals surface area contributed by atoms with Crippen molar-refractivity contribution in [1.29, 1.82) is 0 Å². The van der Waals surface area contributed by atoms with E-state index in [0.29, 0.717) is 29.3 Å². The molecule has 0 unspecified atom stereocenters. The van der Waals surface area contributed by atoms with Crippen molar-refractivity contribution in [3.63, 3.8) is 0 Å². The molecule has 124 valence electrons. The van der Waals surface area contributed by atoms with Gasteiger partial charge in [-0.15, -0.1) is 0 Å². The molecule has 1 aromatic heterocycles. The van der Waals surface area contributed by atoms with Gasteiger partial charge in [0.15, 0.2) is 0 Å². The second kappa shape index (κ2) is 7.13. The number of aromatic nitrogens is 1. The van der Waals surface area contributed by atoms with Crippen molar-refractivity contribution in [2.24, 2.45) is 0 Å². The molecule has 0 bridgehead atoms. The number of amides is 2. The smallest absolute Gasteiger partial charge is 0.317 e. The van der Waals surface area contributed by atoms with Gasteiger partial charge in [-0.05, 0) is 32.0 Å². The fourth-order valence-corrected chi connectivity index (χ4v) is 2.22. The number of benzene rings is 1. The molecular weight excluding hydrogens is 301 g/mol. The van der Waals surface area contributed by atoms with E-state index in [-0.39, 0.29) is 11.8 Å². The number of carbonyl (C=O) groups excluding carboxylic acids is 1. The molecule has 0 saturated carbocycles. The number of aryl methyl sites for hydroxylation is 1. The van der Waals surface area contributed by atoms with E-state index in [1.54, 1.807) is 27.0 Å². The monoisotopic (exact) mass is 321 g/mol.